The van der Waals surface area contributed by atoms with Gasteiger partial charge in [-0.25, -0.2) is 9.97 Å². The summed E-state index contributed by atoms with van der Waals surface area (Å²) in [7, 11) is 0. The number of rotatable bonds is 4. The van der Waals surface area contributed by atoms with Crippen molar-refractivity contribution < 1.29 is 9.53 Å². The number of nitrogens with zero attached hydrogens (tertiary/aromatic N) is 4. The van der Waals surface area contributed by atoms with E-state index in [1.807, 2.05) is 36.6 Å². The Kier molecular flexibility index (Phi) is 5.37. The maximum absolute atomic E-state index is 12.2. The number of pyridine rings is 1. The summed E-state index contributed by atoms with van der Waals surface area (Å²) >= 11 is 1.83. The standard InChI is InChI=1S/C23H26N4O2S/c1-2-29-23(28)15-9-12-27(13-10-15)21-19-17-7-3-4-8-18(17)30-22(19)26-20(25-21)16-6-5-11-24-14-16/h5-6,11,14-15H,2-4,7-10,12-13H2,1H3. The van der Waals surface area contributed by atoms with Crippen LogP contribution in [-0.2, 0) is 22.4 Å². The lowest BCUT2D eigenvalue weighted by molar-refractivity contribution is -0.148. The van der Waals surface area contributed by atoms with Crippen LogP contribution >= 0.6 is 11.3 Å². The Hall–Kier alpha value is -2.54. The summed E-state index contributed by atoms with van der Waals surface area (Å²) in [6.07, 6.45) is 9.94. The zero-order valence-corrected chi connectivity index (χ0v) is 18.1. The second-order valence-electron chi connectivity index (χ2n) is 8.02. The van der Waals surface area contributed by atoms with E-state index < -0.39 is 0 Å². The third-order valence-corrected chi connectivity index (χ3v) is 7.32. The number of ether oxygens (including phenoxy) is 1. The number of fused-ring (bicyclic) bond motifs is 3. The van der Waals surface area contributed by atoms with Crippen molar-refractivity contribution in [2.45, 2.75) is 45.4 Å². The van der Waals surface area contributed by atoms with Gasteiger partial charge in [0.05, 0.1) is 17.9 Å². The van der Waals surface area contributed by atoms with Crippen molar-refractivity contribution in [2.75, 3.05) is 24.6 Å². The van der Waals surface area contributed by atoms with Crippen LogP contribution in [-0.4, -0.2) is 40.6 Å². The maximum Gasteiger partial charge on any atom is 0.309 e. The molecule has 0 radical (unpaired) electrons. The largest absolute Gasteiger partial charge is 0.466 e. The number of anilines is 1. The fourth-order valence-electron chi connectivity index (χ4n) is 4.58. The van der Waals surface area contributed by atoms with Gasteiger partial charge in [-0.3, -0.25) is 9.78 Å². The van der Waals surface area contributed by atoms with E-state index in [2.05, 4.69) is 9.88 Å². The molecule has 1 saturated heterocycles. The molecule has 0 aromatic carbocycles. The molecule has 0 N–H and O–H groups in total. The molecular weight excluding hydrogens is 396 g/mol. The van der Waals surface area contributed by atoms with Crippen molar-refractivity contribution >= 4 is 33.3 Å². The SMILES string of the molecule is CCOC(=O)C1CCN(c2nc(-c3cccnc3)nc3sc4c(c23)CCCC4)CC1. The molecule has 3 aromatic rings. The zero-order chi connectivity index (χ0) is 20.5. The Balaban J connectivity index is 1.54. The van der Waals surface area contributed by atoms with Gasteiger partial charge >= 0.3 is 5.97 Å². The molecule has 30 heavy (non-hydrogen) atoms. The van der Waals surface area contributed by atoms with Gasteiger partial charge in [-0.1, -0.05) is 0 Å². The van der Waals surface area contributed by atoms with Crippen LogP contribution in [0, 0.1) is 5.92 Å². The predicted molar refractivity (Wildman–Crippen MR) is 119 cm³/mol. The molecule has 1 aliphatic heterocycles. The maximum atomic E-state index is 12.2. The highest BCUT2D eigenvalue weighted by atomic mass is 32.1. The lowest BCUT2D eigenvalue weighted by Gasteiger charge is -2.32. The summed E-state index contributed by atoms with van der Waals surface area (Å²) in [5.41, 5.74) is 2.38. The monoisotopic (exact) mass is 422 g/mol. The molecule has 0 saturated carbocycles. The van der Waals surface area contributed by atoms with Crippen molar-refractivity contribution in [3.05, 3.63) is 35.0 Å². The zero-order valence-electron chi connectivity index (χ0n) is 17.3. The van der Waals surface area contributed by atoms with Crippen LogP contribution in [0.15, 0.2) is 24.5 Å². The van der Waals surface area contributed by atoms with Gasteiger partial charge < -0.3 is 9.64 Å². The number of piperidine rings is 1. The minimum Gasteiger partial charge on any atom is -0.466 e. The number of hydrogen-bond donors (Lipinski definition) is 0. The van der Waals surface area contributed by atoms with Crippen molar-refractivity contribution in [1.29, 1.82) is 0 Å². The van der Waals surface area contributed by atoms with Gasteiger partial charge in [-0.05, 0) is 63.1 Å². The summed E-state index contributed by atoms with van der Waals surface area (Å²) in [5, 5.41) is 1.23. The van der Waals surface area contributed by atoms with Gasteiger partial charge in [0.1, 0.15) is 10.6 Å². The molecule has 0 spiro atoms. The van der Waals surface area contributed by atoms with Crippen molar-refractivity contribution in [1.82, 2.24) is 15.0 Å². The molecule has 4 heterocycles. The fourth-order valence-corrected chi connectivity index (χ4v) is 5.83. The number of hydrogen-bond acceptors (Lipinski definition) is 7. The van der Waals surface area contributed by atoms with Gasteiger partial charge in [0.25, 0.3) is 0 Å². The van der Waals surface area contributed by atoms with Crippen molar-refractivity contribution in [3.8, 4) is 11.4 Å². The van der Waals surface area contributed by atoms with Crippen LogP contribution in [0.2, 0.25) is 0 Å². The van der Waals surface area contributed by atoms with E-state index >= 15 is 0 Å². The summed E-state index contributed by atoms with van der Waals surface area (Å²) in [4.78, 5) is 31.3. The highest BCUT2D eigenvalue weighted by molar-refractivity contribution is 7.19. The molecule has 1 aliphatic carbocycles. The van der Waals surface area contributed by atoms with E-state index in [0.29, 0.717) is 6.61 Å². The molecule has 3 aromatic heterocycles. The van der Waals surface area contributed by atoms with Crippen molar-refractivity contribution in [2.24, 2.45) is 5.92 Å². The summed E-state index contributed by atoms with van der Waals surface area (Å²) in [6.45, 7) is 3.94. The van der Waals surface area contributed by atoms with Crippen LogP contribution in [0.1, 0.15) is 43.0 Å². The Morgan fingerprint density at radius 3 is 2.83 bits per heavy atom. The molecule has 0 unspecified atom stereocenters. The number of aryl methyl sites for hydroxylation is 2. The highest BCUT2D eigenvalue weighted by Gasteiger charge is 2.30. The van der Waals surface area contributed by atoms with Gasteiger partial charge in [-0.2, -0.15) is 0 Å². The third-order valence-electron chi connectivity index (χ3n) is 6.13. The molecule has 6 nitrogen and oxygen atoms in total. The van der Waals surface area contributed by atoms with E-state index in [1.54, 1.807) is 6.20 Å². The quantitative estimate of drug-likeness (QED) is 0.580. The minimum atomic E-state index is -0.0612. The number of aromatic nitrogens is 3. The lowest BCUT2D eigenvalue weighted by atomic mass is 9.95. The summed E-state index contributed by atoms with van der Waals surface area (Å²) in [5.74, 6) is 1.69. The smallest absolute Gasteiger partial charge is 0.309 e. The van der Waals surface area contributed by atoms with Gasteiger partial charge in [0.15, 0.2) is 5.82 Å². The second-order valence-corrected chi connectivity index (χ2v) is 9.10. The van der Waals surface area contributed by atoms with E-state index in [9.17, 15) is 4.79 Å². The number of esters is 1. The van der Waals surface area contributed by atoms with Gasteiger partial charge in [-0.15, -0.1) is 11.3 Å². The van der Waals surface area contributed by atoms with E-state index in [-0.39, 0.29) is 11.9 Å². The van der Waals surface area contributed by atoms with Crippen LogP contribution < -0.4 is 4.90 Å². The molecule has 2 aliphatic rings. The molecule has 0 bridgehead atoms. The second kappa shape index (κ2) is 8.30. The third kappa shape index (κ3) is 3.55. The number of thiophene rings is 1. The van der Waals surface area contributed by atoms with Crippen LogP contribution in [0.3, 0.4) is 0 Å². The Morgan fingerprint density at radius 2 is 2.07 bits per heavy atom. The van der Waals surface area contributed by atoms with E-state index in [0.717, 1.165) is 60.8 Å². The van der Waals surface area contributed by atoms with Gasteiger partial charge in [0.2, 0.25) is 0 Å². The molecule has 1 fully saturated rings. The summed E-state index contributed by atoms with van der Waals surface area (Å²) in [6, 6.07) is 3.94. The lowest BCUT2D eigenvalue weighted by Crippen LogP contribution is -2.37. The average Bonchev–Trinajstić information content (AvgIpc) is 3.18. The van der Waals surface area contributed by atoms with E-state index in [1.165, 1.54) is 28.7 Å². The van der Waals surface area contributed by atoms with Gasteiger partial charge in [0, 0.05) is 35.9 Å². The van der Waals surface area contributed by atoms with Crippen LogP contribution in [0.5, 0.6) is 0 Å². The first kappa shape index (κ1) is 19.4. The number of carbonyl (C=O) groups is 1. The summed E-state index contributed by atoms with van der Waals surface area (Å²) < 4.78 is 5.24. The topological polar surface area (TPSA) is 68.2 Å². The average molecular weight is 423 g/mol. The Morgan fingerprint density at radius 1 is 1.23 bits per heavy atom. The Labute approximate surface area is 180 Å². The number of carbonyl (C=O) groups excluding carboxylic acids is 1. The van der Waals surface area contributed by atoms with E-state index in [4.69, 9.17) is 14.7 Å². The first-order valence-electron chi connectivity index (χ1n) is 10.9. The fraction of sp³-hybridized carbons (Fsp3) is 0.478. The Bertz CT molecular complexity index is 1060. The molecule has 156 valence electrons. The molecule has 7 heteroatoms. The van der Waals surface area contributed by atoms with Crippen LogP contribution in [0.25, 0.3) is 21.6 Å². The van der Waals surface area contributed by atoms with Crippen molar-refractivity contribution in [3.63, 3.8) is 0 Å². The molecule has 0 atom stereocenters. The van der Waals surface area contributed by atoms with Crippen LogP contribution in [0.4, 0.5) is 5.82 Å². The molecule has 0 amide bonds. The first-order chi connectivity index (χ1) is 14.7. The minimum absolute atomic E-state index is 0.00675. The normalized spacial score (nSPS) is 17.2. The molecule has 5 rings (SSSR count). The predicted octanol–water partition coefficient (Wildman–Crippen LogP) is 4.41. The highest BCUT2D eigenvalue weighted by Crippen LogP contribution is 2.41. The first-order valence-corrected chi connectivity index (χ1v) is 11.7. The molecular formula is C23H26N4O2S.